The minimum absolute atomic E-state index is 0.0347. The maximum Gasteiger partial charge on any atom is 0.434 e. The fourth-order valence-corrected chi connectivity index (χ4v) is 6.65. The van der Waals surface area contributed by atoms with Crippen molar-refractivity contribution in [1.29, 1.82) is 0 Å². The van der Waals surface area contributed by atoms with E-state index in [1.807, 2.05) is 22.6 Å². The summed E-state index contributed by atoms with van der Waals surface area (Å²) >= 11 is 10.7. The van der Waals surface area contributed by atoms with Crippen LogP contribution in [0.2, 0.25) is 5.02 Å². The number of alkyl halides is 3. The zero-order valence-corrected chi connectivity index (χ0v) is 24.0. The smallest absolute Gasteiger partial charge is 0.434 e. The van der Waals surface area contributed by atoms with Crippen LogP contribution in [0.1, 0.15) is 24.1 Å². The van der Waals surface area contributed by atoms with Crippen molar-refractivity contribution in [2.24, 2.45) is 4.99 Å². The third-order valence-corrected chi connectivity index (χ3v) is 7.81. The summed E-state index contributed by atoms with van der Waals surface area (Å²) in [5.41, 5.74) is -2.36. The van der Waals surface area contributed by atoms with Crippen LogP contribution in [-0.2, 0) is 9.53 Å². The first-order valence-electron chi connectivity index (χ1n) is 10.2. The third kappa shape index (κ3) is 5.22. The van der Waals surface area contributed by atoms with Gasteiger partial charge in [0.2, 0.25) is 0 Å². The Hall–Kier alpha value is -1.91. The van der Waals surface area contributed by atoms with Gasteiger partial charge in [0.25, 0.3) is 5.56 Å². The molecule has 0 unspecified atom stereocenters. The predicted molar refractivity (Wildman–Crippen MR) is 146 cm³/mol. The lowest BCUT2D eigenvalue weighted by molar-refractivity contribution is -0.140. The molecule has 1 aliphatic rings. The van der Waals surface area contributed by atoms with Crippen LogP contribution >= 0.6 is 68.1 Å². The van der Waals surface area contributed by atoms with Crippen LogP contribution in [0.3, 0.4) is 0 Å². The van der Waals surface area contributed by atoms with Gasteiger partial charge in [0, 0.05) is 14.2 Å². The number of ether oxygens (including phenoxy) is 1. The molecule has 188 valence electrons. The topological polar surface area (TPSA) is 80.9 Å². The fourth-order valence-electron chi connectivity index (χ4n) is 3.64. The van der Waals surface area contributed by atoms with Gasteiger partial charge in [-0.3, -0.25) is 9.36 Å². The number of carbonyl (C=O) groups is 1. The number of hydrogen-bond acceptors (Lipinski definition) is 6. The zero-order valence-electron chi connectivity index (χ0n) is 18.1. The number of hydrogen-bond donors (Lipinski definition) is 1. The Morgan fingerprint density at radius 3 is 2.56 bits per heavy atom. The first kappa shape index (κ1) is 27.1. The van der Waals surface area contributed by atoms with Gasteiger partial charge in [-0.15, -0.1) is 0 Å². The Bertz CT molecular complexity index is 1580. The molecule has 2 aromatic carbocycles. The van der Waals surface area contributed by atoms with Gasteiger partial charge in [-0.1, -0.05) is 35.1 Å². The zero-order chi connectivity index (χ0) is 26.4. The monoisotopic (exact) mass is 760 g/mol. The molecule has 0 bridgehead atoms. The van der Waals surface area contributed by atoms with Crippen molar-refractivity contribution < 1.29 is 27.8 Å². The molecule has 0 fully saturated rings. The number of aromatic nitrogens is 1. The second kappa shape index (κ2) is 10.5. The largest absolute Gasteiger partial charge is 0.506 e. The van der Waals surface area contributed by atoms with Gasteiger partial charge in [0.05, 0.1) is 26.3 Å². The van der Waals surface area contributed by atoms with Crippen LogP contribution in [0.15, 0.2) is 57.5 Å². The molecular formula is C23H14ClF3I2N2O4S. The van der Waals surface area contributed by atoms with Crippen molar-refractivity contribution in [3.8, 4) is 5.75 Å². The van der Waals surface area contributed by atoms with Gasteiger partial charge in [-0.2, -0.15) is 13.2 Å². The Morgan fingerprint density at radius 1 is 1.28 bits per heavy atom. The number of halogens is 6. The molecule has 3 aromatic rings. The summed E-state index contributed by atoms with van der Waals surface area (Å²) in [6, 6.07) is 7.70. The number of fused-ring (bicyclic) bond motifs is 1. The van der Waals surface area contributed by atoms with E-state index in [1.165, 1.54) is 37.3 Å². The number of aromatic hydroxyl groups is 1. The second-order valence-electron chi connectivity index (χ2n) is 7.44. The summed E-state index contributed by atoms with van der Waals surface area (Å²) in [7, 11) is 0. The minimum Gasteiger partial charge on any atom is -0.506 e. The first-order chi connectivity index (χ1) is 16.9. The highest BCUT2D eigenvalue weighted by molar-refractivity contribution is 14.1. The minimum atomic E-state index is -4.99. The molecule has 1 aliphatic heterocycles. The molecule has 4 rings (SSSR count). The highest BCUT2D eigenvalue weighted by atomic mass is 127. The SMILES string of the molecule is CCOC(=O)C1=C(C(F)(F)F)N=c2s/c(=C\c3cc(I)cc(I)c3O)c(=O)n2[C@@H]1c1ccc(Cl)cc1. The molecule has 1 N–H and O–H groups in total. The van der Waals surface area contributed by atoms with E-state index in [0.29, 0.717) is 14.2 Å². The summed E-state index contributed by atoms with van der Waals surface area (Å²) in [6.07, 6.45) is -3.60. The number of nitrogens with zero attached hydrogens (tertiary/aromatic N) is 2. The molecule has 36 heavy (non-hydrogen) atoms. The van der Waals surface area contributed by atoms with Gasteiger partial charge in [0.1, 0.15) is 5.75 Å². The van der Waals surface area contributed by atoms with Crippen LogP contribution in [0.4, 0.5) is 13.2 Å². The van der Waals surface area contributed by atoms with E-state index in [-0.39, 0.29) is 27.3 Å². The molecule has 0 aliphatic carbocycles. The fraction of sp³-hybridized carbons (Fsp3) is 0.174. The number of esters is 1. The van der Waals surface area contributed by atoms with E-state index in [0.717, 1.165) is 19.5 Å². The Balaban J connectivity index is 2.07. The lowest BCUT2D eigenvalue weighted by Gasteiger charge is -2.26. The predicted octanol–water partition coefficient (Wildman–Crippen LogP) is 4.91. The molecular weight excluding hydrogens is 747 g/mol. The lowest BCUT2D eigenvalue weighted by Crippen LogP contribution is -2.41. The molecule has 13 heteroatoms. The molecule has 6 nitrogen and oxygen atoms in total. The summed E-state index contributed by atoms with van der Waals surface area (Å²) in [5, 5.41) is 10.8. The van der Waals surface area contributed by atoms with Crippen molar-refractivity contribution in [3.63, 3.8) is 0 Å². The van der Waals surface area contributed by atoms with E-state index in [2.05, 4.69) is 27.6 Å². The van der Waals surface area contributed by atoms with E-state index in [9.17, 15) is 27.9 Å². The van der Waals surface area contributed by atoms with E-state index in [4.69, 9.17) is 16.3 Å². The number of phenols is 1. The number of thiazole rings is 1. The van der Waals surface area contributed by atoms with Crippen molar-refractivity contribution in [1.82, 2.24) is 4.57 Å². The van der Waals surface area contributed by atoms with Crippen LogP contribution in [0.5, 0.6) is 5.75 Å². The Labute approximate surface area is 238 Å². The normalized spacial score (nSPS) is 16.1. The second-order valence-corrected chi connectivity index (χ2v) is 11.3. The molecule has 1 aromatic heterocycles. The maximum absolute atomic E-state index is 14.1. The maximum atomic E-state index is 14.1. The van der Waals surface area contributed by atoms with Crippen molar-refractivity contribution >= 4 is 80.2 Å². The summed E-state index contributed by atoms with van der Waals surface area (Å²) < 4.78 is 49.7. The molecule has 2 heterocycles. The van der Waals surface area contributed by atoms with Gasteiger partial charge >= 0.3 is 12.1 Å². The Kier molecular flexibility index (Phi) is 7.88. The average Bonchev–Trinajstić information content (AvgIpc) is 3.11. The Morgan fingerprint density at radius 2 is 1.94 bits per heavy atom. The molecule has 0 spiro atoms. The van der Waals surface area contributed by atoms with Crippen LogP contribution in [0, 0.1) is 7.14 Å². The molecule has 0 saturated heterocycles. The van der Waals surface area contributed by atoms with Crippen molar-refractivity contribution in [2.75, 3.05) is 6.61 Å². The van der Waals surface area contributed by atoms with Gasteiger partial charge < -0.3 is 9.84 Å². The van der Waals surface area contributed by atoms with Crippen molar-refractivity contribution in [2.45, 2.75) is 19.1 Å². The van der Waals surface area contributed by atoms with E-state index < -0.39 is 35.0 Å². The third-order valence-electron chi connectivity index (χ3n) is 5.12. The van der Waals surface area contributed by atoms with E-state index in [1.54, 1.807) is 12.1 Å². The standard InChI is InChI=1S/C23H14ClF3I2N2O4S/c1-2-35-21(34)16-17(10-3-5-12(24)6-4-10)31-20(33)15(36-22(31)30-19(16)23(25,26)27)8-11-7-13(28)9-14(29)18(11)32/h3-9,17,32H,2H2,1H3/b15-8-/t17-/m1/s1. The molecule has 1 atom stereocenters. The van der Waals surface area contributed by atoms with Gasteiger partial charge in [0.15, 0.2) is 10.5 Å². The first-order valence-corrected chi connectivity index (χ1v) is 13.5. The number of rotatable bonds is 4. The van der Waals surface area contributed by atoms with Gasteiger partial charge in [-0.05, 0) is 88.0 Å². The molecule has 0 amide bonds. The number of allylic oxidation sites excluding steroid dienone is 1. The highest BCUT2D eigenvalue weighted by Crippen LogP contribution is 2.38. The molecule has 0 radical (unpaired) electrons. The van der Waals surface area contributed by atoms with Crippen LogP contribution in [0.25, 0.3) is 6.08 Å². The summed E-state index contributed by atoms with van der Waals surface area (Å²) in [4.78, 5) is 29.8. The number of carbonyl (C=O) groups excluding carboxylic acids is 1. The quantitative estimate of drug-likeness (QED) is 0.303. The van der Waals surface area contributed by atoms with E-state index >= 15 is 0 Å². The number of phenolic OH excluding ortho intramolecular Hbond substituents is 1. The van der Waals surface area contributed by atoms with Crippen LogP contribution in [-0.4, -0.2) is 28.4 Å². The summed E-state index contributed by atoms with van der Waals surface area (Å²) in [5.74, 6) is -1.30. The molecule has 0 saturated carbocycles. The van der Waals surface area contributed by atoms with Gasteiger partial charge in [-0.25, -0.2) is 9.79 Å². The average molecular weight is 761 g/mol. The number of benzene rings is 2. The lowest BCUT2D eigenvalue weighted by atomic mass is 9.95. The summed E-state index contributed by atoms with van der Waals surface area (Å²) in [6.45, 7) is 1.29. The van der Waals surface area contributed by atoms with Crippen LogP contribution < -0.4 is 14.9 Å². The van der Waals surface area contributed by atoms with Crippen molar-refractivity contribution in [3.05, 3.63) is 90.6 Å². The highest BCUT2D eigenvalue weighted by Gasteiger charge is 2.45.